The minimum absolute atomic E-state index is 0.00620. The van der Waals surface area contributed by atoms with E-state index in [1.165, 1.54) is 11.6 Å². The summed E-state index contributed by atoms with van der Waals surface area (Å²) < 4.78 is 27.7. The van der Waals surface area contributed by atoms with Gasteiger partial charge in [-0.25, -0.2) is 0 Å². The van der Waals surface area contributed by atoms with Crippen LogP contribution < -0.4 is 4.74 Å². The van der Waals surface area contributed by atoms with Crippen LogP contribution in [0.15, 0.2) is 43.5 Å². The molecule has 0 saturated heterocycles. The van der Waals surface area contributed by atoms with E-state index in [-0.39, 0.29) is 22.0 Å². The van der Waals surface area contributed by atoms with Gasteiger partial charge in [0.05, 0.1) is 25.9 Å². The number of ketones is 1. The third-order valence-electron chi connectivity index (χ3n) is 11.9. The smallest absolute Gasteiger partial charge is 0.193 e. The van der Waals surface area contributed by atoms with Crippen molar-refractivity contribution in [1.29, 1.82) is 0 Å². The molecule has 2 aromatic rings. The third kappa shape index (κ3) is 8.36. The fourth-order valence-electron chi connectivity index (χ4n) is 6.52. The first-order valence-corrected chi connectivity index (χ1v) is 26.6. The van der Waals surface area contributed by atoms with Gasteiger partial charge in [0, 0.05) is 17.5 Å². The Bertz CT molecular complexity index is 1530. The van der Waals surface area contributed by atoms with Crippen LogP contribution in [-0.2, 0) is 26.3 Å². The highest BCUT2D eigenvalue weighted by Crippen LogP contribution is 2.52. The summed E-state index contributed by atoms with van der Waals surface area (Å²) in [6, 6.07) is 9.58. The lowest BCUT2D eigenvalue weighted by molar-refractivity contribution is 0.103. The van der Waals surface area contributed by atoms with Gasteiger partial charge in [-0.1, -0.05) is 81.0 Å². The molecule has 49 heavy (non-hydrogen) atoms. The van der Waals surface area contributed by atoms with Crippen molar-refractivity contribution in [1.82, 2.24) is 0 Å². The fraction of sp³-hybridized carbons (Fsp3) is 0.585. The number of hydrogen-bond donors (Lipinski definition) is 0. The standard InChI is InChI=1S/C41H66O5Si3/c1-18-33(42)38-30(34(19-2)45-47(14,15)40(7,8)9)26-31-37-29(23-28(6)24-35(37)43-13)25-36(46-48(16,17)41(10,11)12)39(31)32(38)27-44-49(20-3,21-4)22-5/h18-19,23-24,26,34,36H,1-2,20-22,25,27H2,3-17H3. The molecule has 1 aliphatic carbocycles. The van der Waals surface area contributed by atoms with Crippen LogP contribution in [-0.4, -0.2) is 37.8 Å². The lowest BCUT2D eigenvalue weighted by Gasteiger charge is -2.43. The van der Waals surface area contributed by atoms with Crippen molar-refractivity contribution in [3.05, 3.63) is 76.9 Å². The molecule has 5 nitrogen and oxygen atoms in total. The van der Waals surface area contributed by atoms with Gasteiger partial charge in [0.25, 0.3) is 0 Å². The third-order valence-corrected chi connectivity index (χ3v) is 25.5. The van der Waals surface area contributed by atoms with E-state index in [4.69, 9.17) is 18.0 Å². The van der Waals surface area contributed by atoms with Gasteiger partial charge in [-0.05, 0) is 113 Å². The summed E-state index contributed by atoms with van der Waals surface area (Å²) in [5.74, 6) is 0.689. The lowest BCUT2D eigenvalue weighted by atomic mass is 9.76. The molecule has 0 amide bonds. The van der Waals surface area contributed by atoms with E-state index < -0.39 is 31.1 Å². The van der Waals surface area contributed by atoms with Crippen molar-refractivity contribution >= 4 is 30.7 Å². The van der Waals surface area contributed by atoms with Crippen LogP contribution in [0.4, 0.5) is 0 Å². The van der Waals surface area contributed by atoms with E-state index in [2.05, 4.69) is 127 Å². The zero-order valence-electron chi connectivity index (χ0n) is 33.5. The molecule has 0 fully saturated rings. The maximum atomic E-state index is 14.3. The second-order valence-electron chi connectivity index (χ2n) is 17.0. The predicted octanol–water partition coefficient (Wildman–Crippen LogP) is 12.4. The predicted molar refractivity (Wildman–Crippen MR) is 216 cm³/mol. The monoisotopic (exact) mass is 722 g/mol. The molecule has 2 unspecified atom stereocenters. The van der Waals surface area contributed by atoms with Gasteiger partial charge in [0.1, 0.15) is 5.75 Å². The van der Waals surface area contributed by atoms with Crippen LogP contribution in [0.25, 0.3) is 11.1 Å². The average Bonchev–Trinajstić information content (AvgIpc) is 3.01. The van der Waals surface area contributed by atoms with Gasteiger partial charge >= 0.3 is 0 Å². The van der Waals surface area contributed by atoms with E-state index in [9.17, 15) is 4.79 Å². The van der Waals surface area contributed by atoms with Crippen molar-refractivity contribution < 1.29 is 22.8 Å². The van der Waals surface area contributed by atoms with Crippen LogP contribution in [0, 0.1) is 6.92 Å². The number of fused-ring (bicyclic) bond motifs is 3. The second-order valence-corrected chi connectivity index (χ2v) is 31.3. The number of rotatable bonds is 15. The molecule has 0 radical (unpaired) electrons. The molecule has 2 atom stereocenters. The summed E-state index contributed by atoms with van der Waals surface area (Å²) in [6.45, 7) is 40.1. The van der Waals surface area contributed by atoms with Gasteiger partial charge in [-0.3, -0.25) is 4.79 Å². The van der Waals surface area contributed by atoms with Crippen molar-refractivity contribution in [2.45, 2.75) is 149 Å². The van der Waals surface area contributed by atoms with Crippen LogP contribution >= 0.6 is 0 Å². The van der Waals surface area contributed by atoms with Gasteiger partial charge in [0.2, 0.25) is 0 Å². The first-order chi connectivity index (χ1) is 22.6. The van der Waals surface area contributed by atoms with Crippen molar-refractivity contribution in [3.8, 4) is 16.9 Å². The quantitative estimate of drug-likeness (QED) is 0.0793. The number of hydrogen-bond acceptors (Lipinski definition) is 5. The summed E-state index contributed by atoms with van der Waals surface area (Å²) in [5.41, 5.74) is 7.76. The zero-order chi connectivity index (χ0) is 37.3. The first-order valence-electron chi connectivity index (χ1n) is 18.2. The number of carbonyl (C=O) groups excluding carboxylic acids is 1. The fourth-order valence-corrected chi connectivity index (χ4v) is 11.6. The summed E-state index contributed by atoms with van der Waals surface area (Å²) in [6.07, 6.45) is 3.22. The van der Waals surface area contributed by atoms with Gasteiger partial charge in [-0.15, -0.1) is 6.58 Å². The van der Waals surface area contributed by atoms with Crippen molar-refractivity contribution in [2.75, 3.05) is 7.11 Å². The number of allylic oxidation sites excluding steroid dienone is 1. The van der Waals surface area contributed by atoms with Gasteiger partial charge in [0.15, 0.2) is 30.7 Å². The van der Waals surface area contributed by atoms with E-state index >= 15 is 0 Å². The molecule has 2 aromatic carbocycles. The topological polar surface area (TPSA) is 54.0 Å². The molecular formula is C41H66O5Si3. The molecule has 8 heteroatoms. The Balaban J connectivity index is 2.59. The molecule has 0 N–H and O–H groups in total. The summed E-state index contributed by atoms with van der Waals surface area (Å²) in [7, 11) is -4.89. The van der Waals surface area contributed by atoms with Crippen LogP contribution in [0.2, 0.25) is 54.4 Å². The maximum absolute atomic E-state index is 14.3. The summed E-state index contributed by atoms with van der Waals surface area (Å²) in [4.78, 5) is 14.3. The molecule has 0 bridgehead atoms. The first kappa shape index (κ1) is 41.3. The highest BCUT2D eigenvalue weighted by atomic mass is 28.4. The molecule has 0 heterocycles. The Hall–Kier alpha value is -2.08. The maximum Gasteiger partial charge on any atom is 0.193 e. The van der Waals surface area contributed by atoms with Crippen LogP contribution in [0.5, 0.6) is 5.75 Å². The van der Waals surface area contributed by atoms with Gasteiger partial charge in [-0.2, -0.15) is 0 Å². The Morgan fingerprint density at radius 1 is 0.939 bits per heavy atom. The highest BCUT2D eigenvalue weighted by Gasteiger charge is 2.44. The van der Waals surface area contributed by atoms with E-state index in [0.717, 1.165) is 57.3 Å². The Labute approximate surface area is 302 Å². The average molecular weight is 723 g/mol. The van der Waals surface area contributed by atoms with Crippen molar-refractivity contribution in [3.63, 3.8) is 0 Å². The number of carbonyl (C=O) groups is 1. The molecular weight excluding hydrogens is 657 g/mol. The number of methoxy groups -OCH3 is 1. The largest absolute Gasteiger partial charge is 0.496 e. The summed E-state index contributed by atoms with van der Waals surface area (Å²) >= 11 is 0. The molecule has 0 spiro atoms. The molecule has 0 aromatic heterocycles. The molecule has 0 aliphatic heterocycles. The Kier molecular flexibility index (Phi) is 12.9. The normalized spacial score (nSPS) is 16.1. The molecule has 0 saturated carbocycles. The second kappa shape index (κ2) is 15.3. The minimum Gasteiger partial charge on any atom is -0.496 e. The number of aryl methyl sites for hydroxylation is 1. The SMILES string of the molecule is C=CC(=O)c1c(C(C=C)O[Si](C)(C)C(C)(C)C)cc2c(c1CO[Si](CC)(CC)CC)C(O[Si](C)(C)C(C)(C)C)Cc1cc(C)cc(OC)c1-2. The van der Waals surface area contributed by atoms with Crippen molar-refractivity contribution in [2.24, 2.45) is 0 Å². The minimum atomic E-state index is -2.30. The molecule has 3 rings (SSSR count). The van der Waals surface area contributed by atoms with E-state index in [1.54, 1.807) is 7.11 Å². The highest BCUT2D eigenvalue weighted by molar-refractivity contribution is 6.74. The Morgan fingerprint density at radius 2 is 1.51 bits per heavy atom. The number of benzene rings is 2. The number of ether oxygens (including phenoxy) is 1. The Morgan fingerprint density at radius 3 is 1.98 bits per heavy atom. The zero-order valence-corrected chi connectivity index (χ0v) is 36.5. The molecule has 272 valence electrons. The summed E-state index contributed by atoms with van der Waals surface area (Å²) in [5, 5.41) is -0.0468. The van der Waals surface area contributed by atoms with E-state index in [1.807, 2.05) is 6.08 Å². The van der Waals surface area contributed by atoms with Crippen LogP contribution in [0.3, 0.4) is 0 Å². The van der Waals surface area contributed by atoms with E-state index in [0.29, 0.717) is 18.6 Å². The van der Waals surface area contributed by atoms with Gasteiger partial charge < -0.3 is 18.0 Å². The lowest BCUT2D eigenvalue weighted by Crippen LogP contribution is -2.43. The molecule has 1 aliphatic rings. The van der Waals surface area contributed by atoms with Crippen LogP contribution in [0.1, 0.15) is 113 Å².